The van der Waals surface area contributed by atoms with Crippen LogP contribution in [0.15, 0.2) is 24.3 Å². The molecule has 0 unspecified atom stereocenters. The SMILES string of the molecule is CO[C@H](CNC(=O)[C@H]1CC=CCC1)c1ccc(Cl)s1. The van der Waals surface area contributed by atoms with Gasteiger partial charge in [0.15, 0.2) is 0 Å². The molecule has 1 aliphatic rings. The Morgan fingerprint density at radius 2 is 2.42 bits per heavy atom. The number of allylic oxidation sites excluding steroid dienone is 2. The average Bonchev–Trinajstić information content (AvgIpc) is 2.87. The topological polar surface area (TPSA) is 38.3 Å². The minimum Gasteiger partial charge on any atom is -0.374 e. The van der Waals surface area contributed by atoms with Crippen molar-refractivity contribution < 1.29 is 9.53 Å². The zero-order chi connectivity index (χ0) is 13.7. The lowest BCUT2D eigenvalue weighted by atomic mass is 9.93. The van der Waals surface area contributed by atoms with Crippen molar-refractivity contribution in [2.75, 3.05) is 13.7 Å². The van der Waals surface area contributed by atoms with Crippen LogP contribution in [-0.2, 0) is 9.53 Å². The number of carbonyl (C=O) groups excluding carboxylic acids is 1. The molecule has 0 saturated heterocycles. The molecule has 0 bridgehead atoms. The van der Waals surface area contributed by atoms with Crippen molar-refractivity contribution in [2.45, 2.75) is 25.4 Å². The van der Waals surface area contributed by atoms with E-state index in [9.17, 15) is 4.79 Å². The van der Waals surface area contributed by atoms with Gasteiger partial charge in [-0.25, -0.2) is 0 Å². The molecule has 0 fully saturated rings. The number of methoxy groups -OCH3 is 1. The van der Waals surface area contributed by atoms with Crippen LogP contribution in [0.1, 0.15) is 30.2 Å². The summed E-state index contributed by atoms with van der Waals surface area (Å²) in [6, 6.07) is 3.79. The lowest BCUT2D eigenvalue weighted by molar-refractivity contribution is -0.125. The summed E-state index contributed by atoms with van der Waals surface area (Å²) in [5, 5.41) is 2.98. The van der Waals surface area contributed by atoms with Crippen LogP contribution in [-0.4, -0.2) is 19.6 Å². The fourth-order valence-corrected chi connectivity index (χ4v) is 3.31. The molecule has 1 aromatic rings. The normalized spacial score (nSPS) is 20.2. The number of hydrogen-bond donors (Lipinski definition) is 1. The van der Waals surface area contributed by atoms with Crippen LogP contribution in [0.5, 0.6) is 0 Å². The zero-order valence-electron chi connectivity index (χ0n) is 10.9. The highest BCUT2D eigenvalue weighted by atomic mass is 35.5. The molecule has 0 spiro atoms. The van der Waals surface area contributed by atoms with Gasteiger partial charge in [-0.3, -0.25) is 4.79 Å². The van der Waals surface area contributed by atoms with E-state index in [2.05, 4.69) is 17.5 Å². The van der Waals surface area contributed by atoms with E-state index >= 15 is 0 Å². The van der Waals surface area contributed by atoms with E-state index in [0.29, 0.717) is 6.54 Å². The molecule has 5 heteroatoms. The quantitative estimate of drug-likeness (QED) is 0.844. The van der Waals surface area contributed by atoms with Crippen LogP contribution in [0.3, 0.4) is 0 Å². The van der Waals surface area contributed by atoms with Gasteiger partial charge in [0.25, 0.3) is 0 Å². The van der Waals surface area contributed by atoms with Crippen molar-refractivity contribution >= 4 is 28.8 Å². The third kappa shape index (κ3) is 4.06. The van der Waals surface area contributed by atoms with E-state index in [1.165, 1.54) is 11.3 Å². The lowest BCUT2D eigenvalue weighted by Crippen LogP contribution is -2.34. The Hall–Kier alpha value is -0.840. The molecule has 2 atom stereocenters. The molecule has 0 radical (unpaired) electrons. The maximum Gasteiger partial charge on any atom is 0.223 e. The van der Waals surface area contributed by atoms with E-state index in [1.807, 2.05) is 12.1 Å². The van der Waals surface area contributed by atoms with E-state index in [-0.39, 0.29) is 17.9 Å². The molecule has 104 valence electrons. The van der Waals surface area contributed by atoms with Gasteiger partial charge in [0, 0.05) is 24.4 Å². The van der Waals surface area contributed by atoms with Crippen LogP contribution in [0, 0.1) is 5.92 Å². The minimum absolute atomic E-state index is 0.106. The van der Waals surface area contributed by atoms with E-state index in [1.54, 1.807) is 7.11 Å². The number of nitrogens with one attached hydrogen (secondary N) is 1. The van der Waals surface area contributed by atoms with Gasteiger partial charge < -0.3 is 10.1 Å². The summed E-state index contributed by atoms with van der Waals surface area (Å²) < 4.78 is 6.15. The number of amides is 1. The number of rotatable bonds is 5. The molecule has 0 aliphatic heterocycles. The average molecular weight is 300 g/mol. The number of ether oxygens (including phenoxy) is 1. The predicted molar refractivity (Wildman–Crippen MR) is 78.6 cm³/mol. The van der Waals surface area contributed by atoms with Crippen molar-refractivity contribution in [3.05, 3.63) is 33.5 Å². The highest BCUT2D eigenvalue weighted by molar-refractivity contribution is 7.16. The molecule has 3 nitrogen and oxygen atoms in total. The van der Waals surface area contributed by atoms with Gasteiger partial charge in [-0.2, -0.15) is 0 Å². The maximum atomic E-state index is 12.0. The first-order valence-electron chi connectivity index (χ1n) is 6.41. The molecule has 2 rings (SSSR count). The molecule has 0 aromatic carbocycles. The molecular weight excluding hydrogens is 282 g/mol. The van der Waals surface area contributed by atoms with Gasteiger partial charge >= 0.3 is 0 Å². The molecule has 1 heterocycles. The second-order valence-electron chi connectivity index (χ2n) is 4.59. The zero-order valence-corrected chi connectivity index (χ0v) is 12.5. The smallest absolute Gasteiger partial charge is 0.223 e. The Bertz CT molecular complexity index is 458. The lowest BCUT2D eigenvalue weighted by Gasteiger charge is -2.20. The predicted octanol–water partition coefficient (Wildman–Crippen LogP) is 3.56. The Morgan fingerprint density at radius 3 is 3.00 bits per heavy atom. The fraction of sp³-hybridized carbons (Fsp3) is 0.500. The van der Waals surface area contributed by atoms with Gasteiger partial charge in [-0.1, -0.05) is 23.8 Å². The molecule has 1 amide bonds. The van der Waals surface area contributed by atoms with Gasteiger partial charge in [0.05, 0.1) is 4.34 Å². The first-order chi connectivity index (χ1) is 9.20. The van der Waals surface area contributed by atoms with E-state index in [0.717, 1.165) is 28.5 Å². The molecule has 19 heavy (non-hydrogen) atoms. The molecule has 1 N–H and O–H groups in total. The van der Waals surface area contributed by atoms with Crippen LogP contribution in [0.4, 0.5) is 0 Å². The summed E-state index contributed by atoms with van der Waals surface area (Å²) in [4.78, 5) is 13.1. The summed E-state index contributed by atoms with van der Waals surface area (Å²) in [7, 11) is 1.65. The molecule has 1 aromatic heterocycles. The second kappa shape index (κ2) is 7.08. The maximum absolute atomic E-state index is 12.0. The first-order valence-corrected chi connectivity index (χ1v) is 7.61. The second-order valence-corrected chi connectivity index (χ2v) is 6.34. The summed E-state index contributed by atoms with van der Waals surface area (Å²) in [5.41, 5.74) is 0. The monoisotopic (exact) mass is 299 g/mol. The van der Waals surface area contributed by atoms with E-state index < -0.39 is 0 Å². The third-order valence-electron chi connectivity index (χ3n) is 3.30. The van der Waals surface area contributed by atoms with Gasteiger partial charge in [0.2, 0.25) is 5.91 Å². The fourth-order valence-electron chi connectivity index (χ4n) is 2.17. The number of halogens is 1. The van der Waals surface area contributed by atoms with Gasteiger partial charge in [-0.15, -0.1) is 11.3 Å². The van der Waals surface area contributed by atoms with Crippen LogP contribution in [0.2, 0.25) is 4.34 Å². The van der Waals surface area contributed by atoms with E-state index in [4.69, 9.17) is 16.3 Å². The standard InChI is InChI=1S/C14H18ClNO2S/c1-18-11(12-7-8-13(15)19-12)9-16-14(17)10-5-3-2-4-6-10/h2-3,7-8,10-11H,4-6,9H2,1H3,(H,16,17)/t10-,11+/m0/s1. The summed E-state index contributed by atoms with van der Waals surface area (Å²) >= 11 is 7.40. The minimum atomic E-state index is -0.124. The van der Waals surface area contributed by atoms with Crippen molar-refractivity contribution in [2.24, 2.45) is 5.92 Å². The Kier molecular flexibility index (Phi) is 5.43. The molecule has 0 saturated carbocycles. The van der Waals surface area contributed by atoms with Crippen molar-refractivity contribution in [3.8, 4) is 0 Å². The van der Waals surface area contributed by atoms with Crippen molar-refractivity contribution in [1.29, 1.82) is 0 Å². The van der Waals surface area contributed by atoms with Crippen LogP contribution < -0.4 is 5.32 Å². The highest BCUT2D eigenvalue weighted by Crippen LogP contribution is 2.28. The number of hydrogen-bond acceptors (Lipinski definition) is 3. The summed E-state index contributed by atoms with van der Waals surface area (Å²) in [6.45, 7) is 0.492. The molecular formula is C14H18ClNO2S. The molecule has 1 aliphatic carbocycles. The van der Waals surface area contributed by atoms with Gasteiger partial charge in [-0.05, 0) is 31.4 Å². The van der Waals surface area contributed by atoms with Crippen molar-refractivity contribution in [3.63, 3.8) is 0 Å². The highest BCUT2D eigenvalue weighted by Gasteiger charge is 2.20. The Labute approximate surface area is 122 Å². The number of thiophene rings is 1. The first kappa shape index (κ1) is 14.6. The van der Waals surface area contributed by atoms with Gasteiger partial charge in [0.1, 0.15) is 6.10 Å². The van der Waals surface area contributed by atoms with Crippen LogP contribution in [0.25, 0.3) is 0 Å². The van der Waals surface area contributed by atoms with Crippen LogP contribution >= 0.6 is 22.9 Å². The Morgan fingerprint density at radius 1 is 1.58 bits per heavy atom. The van der Waals surface area contributed by atoms with Crippen molar-refractivity contribution in [1.82, 2.24) is 5.32 Å². The summed E-state index contributed by atoms with van der Waals surface area (Å²) in [6.07, 6.45) is 6.86. The summed E-state index contributed by atoms with van der Waals surface area (Å²) in [5.74, 6) is 0.225. The number of carbonyl (C=O) groups is 1. The largest absolute Gasteiger partial charge is 0.374 e. The third-order valence-corrected chi connectivity index (χ3v) is 4.62. The Balaban J connectivity index is 1.86.